The monoisotopic (exact) mass is 332 g/mol. The number of aldehydes is 1. The first-order chi connectivity index (χ1) is 9.94. The van der Waals surface area contributed by atoms with Gasteiger partial charge in [0.15, 0.2) is 12.5 Å². The highest BCUT2D eigenvalue weighted by Crippen LogP contribution is 2.26. The molecule has 122 valence electrons. The second kappa shape index (κ2) is 10.4. The van der Waals surface area contributed by atoms with Crippen molar-refractivity contribution >= 4 is 23.9 Å². The molecule has 1 heterocycles. The van der Waals surface area contributed by atoms with E-state index in [0.29, 0.717) is 6.29 Å². The summed E-state index contributed by atoms with van der Waals surface area (Å²) in [4.78, 5) is 22.9. The first kappa shape index (κ1) is 19.7. The van der Waals surface area contributed by atoms with Crippen molar-refractivity contribution in [2.45, 2.75) is 24.9 Å². The molecule has 1 fully saturated rings. The lowest BCUT2D eigenvalue weighted by Gasteiger charge is -2.26. The van der Waals surface area contributed by atoms with Gasteiger partial charge in [-0.15, -0.1) is 0 Å². The minimum absolute atomic E-state index is 0.0266. The Hall–Kier alpha value is -1.32. The molecule has 1 aliphatic heterocycles. The fourth-order valence-corrected chi connectivity index (χ4v) is 1.71. The molecule has 0 bridgehead atoms. The van der Waals surface area contributed by atoms with Crippen LogP contribution < -0.4 is 5.32 Å². The van der Waals surface area contributed by atoms with Crippen LogP contribution in [0.5, 0.6) is 0 Å². The number of nitrogens with one attached hydrogen (secondary N) is 1. The van der Waals surface area contributed by atoms with Crippen LogP contribution in [-0.4, -0.2) is 61.4 Å². The van der Waals surface area contributed by atoms with Crippen molar-refractivity contribution in [3.05, 3.63) is 11.2 Å². The third-order valence-electron chi connectivity index (χ3n) is 2.43. The Morgan fingerprint density at radius 2 is 2.14 bits per heavy atom. The van der Waals surface area contributed by atoms with Crippen LogP contribution in [0.4, 0.5) is 18.0 Å². The Bertz CT molecular complexity index is 373. The number of amides is 2. The third-order valence-corrected chi connectivity index (χ3v) is 2.62. The van der Waals surface area contributed by atoms with Crippen LogP contribution in [0.1, 0.15) is 6.42 Å². The fraction of sp³-hybridized carbons (Fsp3) is 0.636. The number of rotatable bonds is 4. The van der Waals surface area contributed by atoms with E-state index in [1.165, 1.54) is 7.05 Å². The number of nitrogens with zero attached hydrogens (tertiary/aromatic N) is 1. The zero-order chi connectivity index (χ0) is 16.4. The number of aliphatic hydroxyl groups is 1. The molecule has 0 aliphatic carbocycles. The highest BCUT2D eigenvalue weighted by Gasteiger charge is 2.40. The van der Waals surface area contributed by atoms with Gasteiger partial charge in [0.05, 0.1) is 17.7 Å². The summed E-state index contributed by atoms with van der Waals surface area (Å²) in [5, 5.41) is 10.9. The van der Waals surface area contributed by atoms with Crippen molar-refractivity contribution in [1.82, 2.24) is 10.2 Å². The van der Waals surface area contributed by atoms with Crippen molar-refractivity contribution in [3.8, 4) is 0 Å². The van der Waals surface area contributed by atoms with Gasteiger partial charge in [-0.1, -0.05) is 11.6 Å². The molecule has 1 aliphatic rings. The lowest BCUT2D eigenvalue weighted by Crippen LogP contribution is -2.45. The molecule has 0 saturated carbocycles. The summed E-state index contributed by atoms with van der Waals surface area (Å²) in [5.41, 5.74) is 0. The van der Waals surface area contributed by atoms with Crippen molar-refractivity contribution in [1.29, 1.82) is 0 Å². The Kier molecular flexibility index (Phi) is 9.76. The number of carbonyl (C=O) groups excluding carboxylic acids is 2. The zero-order valence-electron chi connectivity index (χ0n) is 11.1. The molecule has 6 nitrogen and oxygen atoms in total. The van der Waals surface area contributed by atoms with Crippen LogP contribution in [-0.2, 0) is 9.53 Å². The predicted molar refractivity (Wildman–Crippen MR) is 68.6 cm³/mol. The SMILES string of the molecule is CNC(=O)N(/C=C(/Cl)C=O)C1OC(CO)CC1F.FCF. The maximum Gasteiger partial charge on any atom is 0.323 e. The van der Waals surface area contributed by atoms with Crippen molar-refractivity contribution in [2.75, 3.05) is 20.6 Å². The summed E-state index contributed by atoms with van der Waals surface area (Å²) in [7, 11) is 1.35. The minimum atomic E-state index is -1.75. The standard InChI is InChI=1S/C10H14ClFN2O4.CH2F2/c1-13-10(17)14(3-6(11)4-15)9-8(12)2-7(5-16)18-9;2-1-3/h3-4,7-9,16H,2,5H2,1H3,(H,13,17);1H2/b6-3+;. The summed E-state index contributed by atoms with van der Waals surface area (Å²) < 4.78 is 38.1. The molecule has 2 amide bonds. The number of hydrogen-bond donors (Lipinski definition) is 2. The van der Waals surface area contributed by atoms with Crippen LogP contribution in [0.15, 0.2) is 11.2 Å². The number of hydrogen-bond acceptors (Lipinski definition) is 4. The molecule has 0 aromatic heterocycles. The van der Waals surface area contributed by atoms with E-state index in [9.17, 15) is 22.8 Å². The molecular formula is C11H16ClF3N2O4. The normalized spacial score (nSPS) is 24.9. The van der Waals surface area contributed by atoms with Crippen molar-refractivity contribution in [2.24, 2.45) is 0 Å². The second-order valence-corrected chi connectivity index (χ2v) is 4.21. The predicted octanol–water partition coefficient (Wildman–Crippen LogP) is 1.24. The van der Waals surface area contributed by atoms with Crippen LogP contribution in [0, 0.1) is 0 Å². The van der Waals surface area contributed by atoms with E-state index in [4.69, 9.17) is 21.4 Å². The number of urea groups is 1. The van der Waals surface area contributed by atoms with Gasteiger partial charge in [0, 0.05) is 19.7 Å². The van der Waals surface area contributed by atoms with Gasteiger partial charge >= 0.3 is 6.03 Å². The number of carbonyl (C=O) groups is 2. The quantitative estimate of drug-likeness (QED) is 0.599. The van der Waals surface area contributed by atoms with Gasteiger partial charge in [-0.3, -0.25) is 9.69 Å². The van der Waals surface area contributed by atoms with E-state index in [-0.39, 0.29) is 18.1 Å². The van der Waals surface area contributed by atoms with Gasteiger partial charge in [0.1, 0.15) is 6.17 Å². The van der Waals surface area contributed by atoms with E-state index in [1.54, 1.807) is 0 Å². The average Bonchev–Trinajstić information content (AvgIpc) is 2.85. The van der Waals surface area contributed by atoms with Crippen LogP contribution in [0.2, 0.25) is 0 Å². The van der Waals surface area contributed by atoms with Gasteiger partial charge in [-0.2, -0.15) is 0 Å². The third kappa shape index (κ3) is 6.32. The average molecular weight is 333 g/mol. The molecule has 10 heteroatoms. The largest absolute Gasteiger partial charge is 0.394 e. The van der Waals surface area contributed by atoms with Gasteiger partial charge in [-0.05, 0) is 0 Å². The first-order valence-electron chi connectivity index (χ1n) is 5.79. The van der Waals surface area contributed by atoms with Crippen LogP contribution in [0.3, 0.4) is 0 Å². The number of alkyl halides is 3. The zero-order valence-corrected chi connectivity index (χ0v) is 11.9. The maximum atomic E-state index is 13.7. The molecule has 2 N–H and O–H groups in total. The summed E-state index contributed by atoms with van der Waals surface area (Å²) >= 11 is 5.50. The summed E-state index contributed by atoms with van der Waals surface area (Å²) in [6, 6.07) is -0.666. The molecule has 0 spiro atoms. The number of allylic oxidation sites excluding steroid dienone is 1. The molecule has 0 radical (unpaired) electrons. The van der Waals surface area contributed by atoms with E-state index in [1.807, 2.05) is 0 Å². The first-order valence-corrected chi connectivity index (χ1v) is 6.17. The molecule has 3 unspecified atom stereocenters. The number of aliphatic hydroxyl groups excluding tert-OH is 1. The van der Waals surface area contributed by atoms with E-state index >= 15 is 0 Å². The topological polar surface area (TPSA) is 78.9 Å². The maximum absolute atomic E-state index is 13.7. The van der Waals surface area contributed by atoms with Gasteiger partial charge < -0.3 is 15.2 Å². The van der Waals surface area contributed by atoms with E-state index in [2.05, 4.69) is 5.32 Å². The Balaban J connectivity index is 0.00000122. The number of halogens is 4. The van der Waals surface area contributed by atoms with Gasteiger partial charge in [-0.25, -0.2) is 18.0 Å². The molecule has 1 rings (SSSR count). The molecule has 0 aromatic rings. The smallest absolute Gasteiger partial charge is 0.323 e. The van der Waals surface area contributed by atoms with Crippen molar-refractivity contribution in [3.63, 3.8) is 0 Å². The Labute approximate surface area is 124 Å². The van der Waals surface area contributed by atoms with Crippen LogP contribution >= 0.6 is 11.6 Å². The molecule has 1 saturated heterocycles. The van der Waals surface area contributed by atoms with Crippen LogP contribution in [0.25, 0.3) is 0 Å². The van der Waals surface area contributed by atoms with Gasteiger partial charge in [0.2, 0.25) is 6.93 Å². The molecular weight excluding hydrogens is 317 g/mol. The summed E-state index contributed by atoms with van der Waals surface area (Å²) in [6.45, 7) is -2.09. The minimum Gasteiger partial charge on any atom is -0.394 e. The lowest BCUT2D eigenvalue weighted by molar-refractivity contribution is -0.104. The molecule has 3 atom stereocenters. The Morgan fingerprint density at radius 1 is 1.57 bits per heavy atom. The molecule has 0 aromatic carbocycles. The highest BCUT2D eigenvalue weighted by molar-refractivity contribution is 6.38. The fourth-order valence-electron chi connectivity index (χ4n) is 1.60. The Morgan fingerprint density at radius 3 is 2.52 bits per heavy atom. The second-order valence-electron chi connectivity index (χ2n) is 3.78. The summed E-state index contributed by atoms with van der Waals surface area (Å²) in [5.74, 6) is 0. The number of ether oxygens (including phenoxy) is 1. The highest BCUT2D eigenvalue weighted by atomic mass is 35.5. The summed E-state index contributed by atoms with van der Waals surface area (Å²) in [6.07, 6.45) is -2.07. The lowest BCUT2D eigenvalue weighted by atomic mass is 10.2. The molecule has 21 heavy (non-hydrogen) atoms. The van der Waals surface area contributed by atoms with Gasteiger partial charge in [0.25, 0.3) is 0 Å². The van der Waals surface area contributed by atoms with Crippen molar-refractivity contribution < 1.29 is 32.6 Å². The van der Waals surface area contributed by atoms with E-state index < -0.39 is 31.5 Å². The van der Waals surface area contributed by atoms with E-state index in [0.717, 1.165) is 11.1 Å².